The Morgan fingerprint density at radius 1 is 2.00 bits per heavy atom. The molecule has 0 aromatic heterocycles. The van der Waals surface area contributed by atoms with Gasteiger partial charge in [0, 0.05) is 6.26 Å². The molecule has 0 aromatic carbocycles. The Labute approximate surface area is 35.1 Å². The Morgan fingerprint density at radius 3 is 2.60 bits per heavy atom. The fraction of sp³-hybridized carbons (Fsp3) is 0.500. The summed E-state index contributed by atoms with van der Waals surface area (Å²) in [5.74, 6) is 0. The van der Waals surface area contributed by atoms with Gasteiger partial charge >= 0.3 is 6.41 Å². The van der Waals surface area contributed by atoms with E-state index in [0.717, 1.165) is 0 Å². The summed E-state index contributed by atoms with van der Waals surface area (Å²) in [5, 5.41) is 0. The Bertz CT molecular complexity index is 30.8. The Hall–Kier alpha value is -0.180. The van der Waals surface area contributed by atoms with Gasteiger partial charge in [0.05, 0.1) is 0 Å². The topological polar surface area (TPSA) is 29.1 Å². The van der Waals surface area contributed by atoms with Gasteiger partial charge in [-0.2, -0.15) is 0 Å². The van der Waals surface area contributed by atoms with Crippen LogP contribution in [-0.2, 0) is 4.79 Å². The molecule has 1 amide bonds. The van der Waals surface area contributed by atoms with Crippen LogP contribution in [0.3, 0.4) is 0 Å². The molecule has 3 heteroatoms. The van der Waals surface area contributed by atoms with Gasteiger partial charge in [-0.05, 0) is 0 Å². The zero-order valence-corrected chi connectivity index (χ0v) is 3.63. The molecule has 0 aliphatic heterocycles. The van der Waals surface area contributed by atoms with E-state index in [1.165, 1.54) is 18.4 Å². The molecule has 2 nitrogen and oxygen atoms in total. The zero-order chi connectivity index (χ0) is 4.12. The lowest BCUT2D eigenvalue weighted by atomic mass is 11.5. The first kappa shape index (κ1) is 4.82. The van der Waals surface area contributed by atoms with Crippen LogP contribution >= 0.6 is 11.9 Å². The standard InChI is InChI=1S/C2H4NOS/c1-5-3-2-4/h1H3,(H,3,4). The molecule has 0 aromatic rings. The summed E-state index contributed by atoms with van der Waals surface area (Å²) in [6.07, 6.45) is 3.24. The molecule has 0 unspecified atom stereocenters. The van der Waals surface area contributed by atoms with Crippen molar-refractivity contribution in [2.24, 2.45) is 0 Å². The molecule has 0 aliphatic rings. The quantitative estimate of drug-likeness (QED) is 0.379. The maximum atomic E-state index is 9.15. The molecule has 5 heavy (non-hydrogen) atoms. The zero-order valence-electron chi connectivity index (χ0n) is 2.82. The van der Waals surface area contributed by atoms with Gasteiger partial charge in [-0.15, -0.1) is 0 Å². The van der Waals surface area contributed by atoms with Gasteiger partial charge in [0.1, 0.15) is 0 Å². The molecular formula is C2H4NOS. The van der Waals surface area contributed by atoms with E-state index >= 15 is 0 Å². The number of amides is 1. The van der Waals surface area contributed by atoms with Crippen LogP contribution in [0.2, 0.25) is 0 Å². The van der Waals surface area contributed by atoms with E-state index in [1.807, 2.05) is 0 Å². The number of hydrogen-bond acceptors (Lipinski definition) is 2. The molecule has 0 bridgehead atoms. The van der Waals surface area contributed by atoms with Crippen molar-refractivity contribution in [3.05, 3.63) is 0 Å². The summed E-state index contributed by atoms with van der Waals surface area (Å²) in [7, 11) is 0. The summed E-state index contributed by atoms with van der Waals surface area (Å²) in [4.78, 5) is 9.15. The van der Waals surface area contributed by atoms with Crippen molar-refractivity contribution in [2.45, 2.75) is 0 Å². The summed E-state index contributed by atoms with van der Waals surface area (Å²) in [6, 6.07) is 0. The fourth-order valence-corrected chi connectivity index (χ4v) is 0.125. The van der Waals surface area contributed by atoms with E-state index < -0.39 is 0 Å². The van der Waals surface area contributed by atoms with Crippen LogP contribution in [-0.4, -0.2) is 12.7 Å². The Morgan fingerprint density at radius 2 is 2.60 bits per heavy atom. The maximum Gasteiger partial charge on any atom is 0.320 e. The predicted molar refractivity (Wildman–Crippen MR) is 22.3 cm³/mol. The fourth-order valence-electron chi connectivity index (χ4n) is 0.0417. The summed E-state index contributed by atoms with van der Waals surface area (Å²) in [6.45, 7) is 0. The first-order valence-corrected chi connectivity index (χ1v) is 2.29. The molecule has 0 spiro atoms. The second-order valence-electron chi connectivity index (χ2n) is 0.408. The van der Waals surface area contributed by atoms with E-state index in [-0.39, 0.29) is 0 Å². The molecule has 1 radical (unpaired) electrons. The van der Waals surface area contributed by atoms with Crippen molar-refractivity contribution in [2.75, 3.05) is 6.26 Å². The van der Waals surface area contributed by atoms with Crippen molar-refractivity contribution in [1.29, 1.82) is 0 Å². The minimum atomic E-state index is 1.23. The maximum absolute atomic E-state index is 9.15. The third-order valence-electron chi connectivity index (χ3n) is 0.144. The van der Waals surface area contributed by atoms with Gasteiger partial charge in [-0.3, -0.25) is 9.52 Å². The number of rotatable bonds is 2. The van der Waals surface area contributed by atoms with Gasteiger partial charge in [0.15, 0.2) is 0 Å². The third-order valence-corrected chi connectivity index (χ3v) is 0.431. The van der Waals surface area contributed by atoms with Gasteiger partial charge in [-0.1, -0.05) is 11.9 Å². The van der Waals surface area contributed by atoms with E-state index in [4.69, 9.17) is 4.79 Å². The van der Waals surface area contributed by atoms with Crippen molar-refractivity contribution in [3.63, 3.8) is 0 Å². The lowest BCUT2D eigenvalue weighted by Crippen LogP contribution is -1.93. The average Bonchev–Trinajstić information content (AvgIpc) is 1.41. The second kappa shape index (κ2) is 3.82. The lowest BCUT2D eigenvalue weighted by Gasteiger charge is -1.75. The van der Waals surface area contributed by atoms with Crippen LogP contribution in [0.5, 0.6) is 0 Å². The van der Waals surface area contributed by atoms with Crippen LogP contribution in [0.1, 0.15) is 0 Å². The highest BCUT2D eigenvalue weighted by molar-refractivity contribution is 7.97. The Kier molecular flexibility index (Phi) is 3.68. The first-order valence-electron chi connectivity index (χ1n) is 1.07. The monoisotopic (exact) mass is 90.0 g/mol. The number of hydrogen-bond donors (Lipinski definition) is 1. The Balaban J connectivity index is 2.40. The highest BCUT2D eigenvalue weighted by Gasteiger charge is 1.62. The van der Waals surface area contributed by atoms with Gasteiger partial charge < -0.3 is 0 Å². The van der Waals surface area contributed by atoms with Crippen LogP contribution in [0.25, 0.3) is 0 Å². The normalized spacial score (nSPS) is 6.60. The molecule has 0 fully saturated rings. The highest BCUT2D eigenvalue weighted by atomic mass is 32.2. The van der Waals surface area contributed by atoms with Gasteiger partial charge in [0.2, 0.25) is 0 Å². The van der Waals surface area contributed by atoms with Crippen LogP contribution in [0.4, 0.5) is 0 Å². The van der Waals surface area contributed by atoms with E-state index in [2.05, 4.69) is 4.72 Å². The summed E-state index contributed by atoms with van der Waals surface area (Å²) >= 11 is 1.23. The minimum absolute atomic E-state index is 1.23. The second-order valence-corrected chi connectivity index (χ2v) is 1.02. The molecule has 1 N–H and O–H groups in total. The number of nitrogens with one attached hydrogen (secondary N) is 1. The summed E-state index contributed by atoms with van der Waals surface area (Å²) in [5.41, 5.74) is 0. The SMILES string of the molecule is CSN[C]=O. The van der Waals surface area contributed by atoms with E-state index in [9.17, 15) is 0 Å². The van der Waals surface area contributed by atoms with Crippen molar-refractivity contribution < 1.29 is 4.79 Å². The van der Waals surface area contributed by atoms with Crippen LogP contribution in [0, 0.1) is 0 Å². The lowest BCUT2D eigenvalue weighted by molar-refractivity contribution is 0.554. The number of carbonyl (C=O) groups excluding carboxylic acids is 1. The van der Waals surface area contributed by atoms with Crippen LogP contribution < -0.4 is 4.72 Å². The largest absolute Gasteiger partial charge is 0.320 e. The molecule has 0 rings (SSSR count). The van der Waals surface area contributed by atoms with Gasteiger partial charge in [-0.25, -0.2) is 0 Å². The first-order chi connectivity index (χ1) is 2.41. The van der Waals surface area contributed by atoms with Crippen molar-refractivity contribution >= 4 is 18.4 Å². The average molecular weight is 90.1 g/mol. The highest BCUT2D eigenvalue weighted by Crippen LogP contribution is 1.71. The molecule has 0 aliphatic carbocycles. The van der Waals surface area contributed by atoms with Crippen LogP contribution in [0.15, 0.2) is 0 Å². The summed E-state index contributed by atoms with van der Waals surface area (Å²) < 4.78 is 2.22. The van der Waals surface area contributed by atoms with E-state index in [1.54, 1.807) is 6.26 Å². The van der Waals surface area contributed by atoms with Crippen molar-refractivity contribution in [1.82, 2.24) is 4.72 Å². The molecule has 0 heterocycles. The molecular weight excluding hydrogens is 86.1 g/mol. The third kappa shape index (κ3) is 3.82. The predicted octanol–water partition coefficient (Wildman–Crippen LogP) is -0.0788. The molecule has 29 valence electrons. The van der Waals surface area contributed by atoms with E-state index in [0.29, 0.717) is 0 Å². The van der Waals surface area contributed by atoms with Crippen molar-refractivity contribution in [3.8, 4) is 0 Å². The molecule has 0 saturated carbocycles. The smallest absolute Gasteiger partial charge is 0.292 e. The minimum Gasteiger partial charge on any atom is -0.292 e. The van der Waals surface area contributed by atoms with Gasteiger partial charge in [0.25, 0.3) is 0 Å². The molecule has 0 saturated heterocycles. The molecule has 0 atom stereocenters.